The van der Waals surface area contributed by atoms with E-state index in [0.29, 0.717) is 13.0 Å². The second-order valence-corrected chi connectivity index (χ2v) is 9.96. The number of nitrogens with zero attached hydrogens (tertiary/aromatic N) is 3. The molecule has 0 aliphatic carbocycles. The molecule has 0 radical (unpaired) electrons. The number of aryl methyl sites for hydroxylation is 3. The van der Waals surface area contributed by atoms with E-state index in [-0.39, 0.29) is 11.8 Å². The van der Waals surface area contributed by atoms with Crippen molar-refractivity contribution < 1.29 is 9.53 Å². The lowest BCUT2D eigenvalue weighted by molar-refractivity contribution is -0.116. The first-order chi connectivity index (χ1) is 14.4. The number of rotatable bonds is 4. The highest BCUT2D eigenvalue weighted by Gasteiger charge is 2.34. The summed E-state index contributed by atoms with van der Waals surface area (Å²) in [5.41, 5.74) is 4.13. The number of nitrogens with one attached hydrogen (secondary N) is 1. The van der Waals surface area contributed by atoms with Crippen LogP contribution >= 0.6 is 22.7 Å². The molecule has 0 spiro atoms. The van der Waals surface area contributed by atoms with Crippen LogP contribution in [0.5, 0.6) is 5.75 Å². The van der Waals surface area contributed by atoms with Gasteiger partial charge in [0, 0.05) is 27.7 Å². The maximum atomic E-state index is 12.6. The van der Waals surface area contributed by atoms with Crippen LogP contribution in [0.1, 0.15) is 45.8 Å². The molecule has 4 aromatic rings. The number of hydrogen-bond donors (Lipinski definition) is 1. The van der Waals surface area contributed by atoms with Crippen LogP contribution < -0.4 is 10.1 Å². The summed E-state index contributed by atoms with van der Waals surface area (Å²) in [6.07, 6.45) is 0.439. The SMILES string of the molecule is CCOc1ccc2nc(-n3nc(C)c4c3NC(=O)CC4c3cc(C)sc3C)sc2c1. The molecule has 3 aromatic heterocycles. The molecule has 0 bridgehead atoms. The highest BCUT2D eigenvalue weighted by atomic mass is 32.1. The molecule has 30 heavy (non-hydrogen) atoms. The standard InChI is InChI=1S/C22H22N4O2S2/c1-5-28-14-6-7-17-18(9-14)30-22(23-17)26-21-20(12(3)25-26)16(10-19(27)24-21)15-8-11(2)29-13(15)4/h6-9,16H,5,10H2,1-4H3,(H,24,27). The number of benzene rings is 1. The van der Waals surface area contributed by atoms with Crippen molar-refractivity contribution in [2.45, 2.75) is 40.0 Å². The van der Waals surface area contributed by atoms with Crippen LogP contribution in [0.25, 0.3) is 15.3 Å². The second kappa shape index (κ2) is 7.21. The van der Waals surface area contributed by atoms with Crippen LogP contribution in [0.15, 0.2) is 24.3 Å². The molecule has 0 saturated heterocycles. The largest absolute Gasteiger partial charge is 0.494 e. The van der Waals surface area contributed by atoms with E-state index < -0.39 is 0 Å². The fourth-order valence-electron chi connectivity index (χ4n) is 4.19. The molecule has 1 amide bonds. The molecule has 0 saturated carbocycles. The number of aromatic nitrogens is 3. The Bertz CT molecular complexity index is 1280. The third-order valence-corrected chi connectivity index (χ3v) is 7.37. The Kier molecular flexibility index (Phi) is 4.63. The van der Waals surface area contributed by atoms with Crippen LogP contribution in [0.3, 0.4) is 0 Å². The molecule has 5 rings (SSSR count). The van der Waals surface area contributed by atoms with E-state index in [1.54, 1.807) is 27.4 Å². The van der Waals surface area contributed by atoms with Gasteiger partial charge in [0.2, 0.25) is 11.0 Å². The van der Waals surface area contributed by atoms with Gasteiger partial charge in [-0.15, -0.1) is 11.3 Å². The number of carbonyl (C=O) groups excluding carboxylic acids is 1. The first-order valence-electron chi connectivity index (χ1n) is 9.94. The van der Waals surface area contributed by atoms with Crippen molar-refractivity contribution in [3.63, 3.8) is 0 Å². The Hall–Kier alpha value is -2.71. The number of amides is 1. The van der Waals surface area contributed by atoms with Gasteiger partial charge in [0.25, 0.3) is 0 Å². The predicted octanol–water partition coefficient (Wildman–Crippen LogP) is 5.34. The van der Waals surface area contributed by atoms with Crippen LogP contribution in [0.2, 0.25) is 0 Å². The lowest BCUT2D eigenvalue weighted by atomic mass is 9.86. The van der Waals surface area contributed by atoms with Gasteiger partial charge < -0.3 is 10.1 Å². The topological polar surface area (TPSA) is 69.0 Å². The zero-order valence-electron chi connectivity index (χ0n) is 17.3. The number of thiophene rings is 1. The highest BCUT2D eigenvalue weighted by molar-refractivity contribution is 7.20. The lowest BCUT2D eigenvalue weighted by Crippen LogP contribution is -2.25. The van der Waals surface area contributed by atoms with Crippen LogP contribution in [0, 0.1) is 20.8 Å². The minimum atomic E-state index is 0.0108. The number of carbonyl (C=O) groups is 1. The zero-order valence-corrected chi connectivity index (χ0v) is 18.9. The summed E-state index contributed by atoms with van der Waals surface area (Å²) < 4.78 is 8.43. The summed E-state index contributed by atoms with van der Waals surface area (Å²) in [5, 5.41) is 8.58. The fraction of sp³-hybridized carbons (Fsp3) is 0.318. The molecule has 0 fully saturated rings. The van der Waals surface area contributed by atoms with Crippen molar-refractivity contribution >= 4 is 44.6 Å². The van der Waals surface area contributed by atoms with Gasteiger partial charge in [0.05, 0.1) is 22.5 Å². The minimum absolute atomic E-state index is 0.0108. The average molecular weight is 439 g/mol. The Labute approximate surface area is 182 Å². The second-order valence-electron chi connectivity index (χ2n) is 7.49. The number of fused-ring (bicyclic) bond motifs is 2. The van der Waals surface area contributed by atoms with Gasteiger partial charge in [0.1, 0.15) is 11.6 Å². The first kappa shape index (κ1) is 19.3. The van der Waals surface area contributed by atoms with Gasteiger partial charge in [-0.1, -0.05) is 11.3 Å². The monoisotopic (exact) mass is 438 g/mol. The van der Waals surface area contributed by atoms with Crippen LogP contribution in [-0.4, -0.2) is 27.3 Å². The van der Waals surface area contributed by atoms with E-state index in [1.165, 1.54) is 15.3 Å². The molecule has 1 aliphatic rings. The van der Waals surface area contributed by atoms with Crippen molar-refractivity contribution in [1.82, 2.24) is 14.8 Å². The van der Waals surface area contributed by atoms with E-state index >= 15 is 0 Å². The van der Waals surface area contributed by atoms with Gasteiger partial charge >= 0.3 is 0 Å². The van der Waals surface area contributed by atoms with Gasteiger partial charge in [-0.25, -0.2) is 4.98 Å². The molecule has 1 aromatic carbocycles. The summed E-state index contributed by atoms with van der Waals surface area (Å²) >= 11 is 3.32. The molecule has 1 aliphatic heterocycles. The maximum Gasteiger partial charge on any atom is 0.226 e. The fourth-order valence-corrected chi connectivity index (χ4v) is 6.13. The van der Waals surface area contributed by atoms with Crippen molar-refractivity contribution in [1.29, 1.82) is 0 Å². The normalized spacial score (nSPS) is 16.0. The summed E-state index contributed by atoms with van der Waals surface area (Å²) in [6.45, 7) is 8.84. The molecule has 6 nitrogen and oxygen atoms in total. The van der Waals surface area contributed by atoms with Crippen LogP contribution in [-0.2, 0) is 4.79 Å². The lowest BCUT2D eigenvalue weighted by Gasteiger charge is -2.24. The molecule has 1 N–H and O–H groups in total. The smallest absolute Gasteiger partial charge is 0.226 e. The molecule has 154 valence electrons. The van der Waals surface area contributed by atoms with Crippen molar-refractivity contribution in [2.75, 3.05) is 11.9 Å². The quantitative estimate of drug-likeness (QED) is 0.467. The molecular formula is C22H22N4O2S2. The summed E-state index contributed by atoms with van der Waals surface area (Å²) in [5.74, 6) is 1.60. The number of anilines is 1. The van der Waals surface area contributed by atoms with E-state index in [9.17, 15) is 4.79 Å². The van der Waals surface area contributed by atoms with Crippen molar-refractivity contribution in [3.8, 4) is 10.9 Å². The first-order valence-corrected chi connectivity index (χ1v) is 11.6. The van der Waals surface area contributed by atoms with Gasteiger partial charge in [-0.2, -0.15) is 9.78 Å². The van der Waals surface area contributed by atoms with Crippen LogP contribution in [0.4, 0.5) is 5.82 Å². The molecule has 1 atom stereocenters. The third kappa shape index (κ3) is 3.11. The zero-order chi connectivity index (χ0) is 21.0. The van der Waals surface area contributed by atoms with E-state index in [0.717, 1.165) is 38.2 Å². The van der Waals surface area contributed by atoms with E-state index in [2.05, 4.69) is 25.2 Å². The Morgan fingerprint density at radius 3 is 2.80 bits per heavy atom. The van der Waals surface area contributed by atoms with Crippen molar-refractivity contribution in [3.05, 3.63) is 50.8 Å². The van der Waals surface area contributed by atoms with E-state index in [1.807, 2.05) is 32.0 Å². The Balaban J connectivity index is 1.64. The molecule has 8 heteroatoms. The number of ether oxygens (including phenoxy) is 1. The molecule has 4 heterocycles. The maximum absolute atomic E-state index is 12.6. The summed E-state index contributed by atoms with van der Waals surface area (Å²) in [7, 11) is 0. The summed E-state index contributed by atoms with van der Waals surface area (Å²) in [4.78, 5) is 19.9. The Morgan fingerprint density at radius 1 is 1.23 bits per heavy atom. The van der Waals surface area contributed by atoms with Crippen molar-refractivity contribution in [2.24, 2.45) is 0 Å². The number of thiazole rings is 1. The molecule has 1 unspecified atom stereocenters. The van der Waals surface area contributed by atoms with Gasteiger partial charge in [-0.05, 0) is 57.5 Å². The highest BCUT2D eigenvalue weighted by Crippen LogP contribution is 2.43. The van der Waals surface area contributed by atoms with E-state index in [4.69, 9.17) is 14.8 Å². The predicted molar refractivity (Wildman–Crippen MR) is 122 cm³/mol. The number of hydrogen-bond acceptors (Lipinski definition) is 6. The molecular weight excluding hydrogens is 416 g/mol. The van der Waals surface area contributed by atoms with Gasteiger partial charge in [0.15, 0.2) is 0 Å². The minimum Gasteiger partial charge on any atom is -0.494 e. The Morgan fingerprint density at radius 2 is 2.07 bits per heavy atom. The summed E-state index contributed by atoms with van der Waals surface area (Å²) in [6, 6.07) is 8.10. The third-order valence-electron chi connectivity index (χ3n) is 5.40. The average Bonchev–Trinajstić information content (AvgIpc) is 3.36. The van der Waals surface area contributed by atoms with Gasteiger partial charge in [-0.3, -0.25) is 4.79 Å².